The van der Waals surface area contributed by atoms with Crippen molar-refractivity contribution in [2.75, 3.05) is 19.5 Å². The van der Waals surface area contributed by atoms with Gasteiger partial charge in [-0.05, 0) is 53.0 Å². The Bertz CT molecular complexity index is 1390. The smallest absolute Gasteiger partial charge is 0.193 e. The molecular formula is C23H20BrClO7S. The molecule has 2 aromatic carbocycles. The summed E-state index contributed by atoms with van der Waals surface area (Å²) in [5, 5.41) is 0.294. The Morgan fingerprint density at radius 1 is 1.21 bits per heavy atom. The zero-order valence-electron chi connectivity index (χ0n) is 17.6. The molecule has 0 saturated heterocycles. The standard InChI is InChI=1S/C23H20BrClO7S/c1-30-20-10-17(24)22(31-8-7-13(26)12-33(28,29)14-5-6-14)9-16(20)21-11-19(27)15-3-2-4-18(25)23(15)32-21/h2-4,9-11,14H,5-8,12H2,1H3. The van der Waals surface area contributed by atoms with Crippen molar-refractivity contribution in [3.63, 3.8) is 0 Å². The first-order chi connectivity index (χ1) is 15.7. The summed E-state index contributed by atoms with van der Waals surface area (Å²) in [6.45, 7) is -0.00309. The van der Waals surface area contributed by atoms with Gasteiger partial charge in [0.2, 0.25) is 0 Å². The molecule has 33 heavy (non-hydrogen) atoms. The molecule has 1 saturated carbocycles. The first-order valence-corrected chi connectivity index (χ1v) is 13.0. The second kappa shape index (κ2) is 9.48. The maximum atomic E-state index is 12.6. The maximum Gasteiger partial charge on any atom is 0.193 e. The predicted octanol–water partition coefficient (Wildman–Crippen LogP) is 4.80. The Kier molecular flexibility index (Phi) is 6.83. The van der Waals surface area contributed by atoms with Crippen LogP contribution in [0.15, 0.2) is 50.1 Å². The van der Waals surface area contributed by atoms with E-state index in [2.05, 4.69) is 15.9 Å². The van der Waals surface area contributed by atoms with Gasteiger partial charge in [0.05, 0.1) is 39.4 Å². The van der Waals surface area contributed by atoms with Crippen molar-refractivity contribution in [3.8, 4) is 22.8 Å². The van der Waals surface area contributed by atoms with E-state index >= 15 is 0 Å². The highest BCUT2D eigenvalue weighted by Gasteiger charge is 2.36. The second-order valence-corrected chi connectivity index (χ2v) is 11.3. The van der Waals surface area contributed by atoms with Gasteiger partial charge in [0.1, 0.15) is 23.0 Å². The molecule has 1 fully saturated rings. The third-order valence-corrected chi connectivity index (χ3v) is 8.39. The molecule has 0 unspecified atom stereocenters. The van der Waals surface area contributed by atoms with Gasteiger partial charge >= 0.3 is 0 Å². The molecule has 0 N–H and O–H groups in total. The summed E-state index contributed by atoms with van der Waals surface area (Å²) < 4.78 is 41.6. The predicted molar refractivity (Wildman–Crippen MR) is 129 cm³/mol. The average molecular weight is 556 g/mol. The lowest BCUT2D eigenvalue weighted by Crippen LogP contribution is -2.21. The van der Waals surface area contributed by atoms with Gasteiger partial charge in [-0.25, -0.2) is 8.42 Å². The highest BCUT2D eigenvalue weighted by molar-refractivity contribution is 9.10. The van der Waals surface area contributed by atoms with Gasteiger partial charge in [-0.15, -0.1) is 0 Å². The van der Waals surface area contributed by atoms with E-state index < -0.39 is 15.6 Å². The van der Waals surface area contributed by atoms with Crippen LogP contribution in [-0.4, -0.2) is 38.9 Å². The molecule has 0 atom stereocenters. The van der Waals surface area contributed by atoms with Crippen LogP contribution in [-0.2, 0) is 14.6 Å². The Balaban J connectivity index is 1.58. The normalized spacial score (nSPS) is 13.8. The highest BCUT2D eigenvalue weighted by atomic mass is 79.9. The molecule has 0 bridgehead atoms. The van der Waals surface area contributed by atoms with Crippen molar-refractivity contribution in [2.45, 2.75) is 24.5 Å². The molecule has 174 valence electrons. The number of Topliss-reactive ketones (excluding diaryl/α,β-unsaturated/α-hetero) is 1. The number of sulfone groups is 1. The van der Waals surface area contributed by atoms with Crippen LogP contribution in [0.25, 0.3) is 22.3 Å². The molecule has 0 radical (unpaired) electrons. The highest BCUT2D eigenvalue weighted by Crippen LogP contribution is 2.39. The number of benzene rings is 2. The van der Waals surface area contributed by atoms with E-state index in [1.807, 2.05) is 0 Å². The molecule has 1 aliphatic rings. The molecular weight excluding hydrogens is 536 g/mol. The Morgan fingerprint density at radius 3 is 2.67 bits per heavy atom. The van der Waals surface area contributed by atoms with Gasteiger partial charge in [-0.1, -0.05) is 17.7 Å². The molecule has 1 heterocycles. The Morgan fingerprint density at radius 2 is 1.97 bits per heavy atom. The fraction of sp³-hybridized carbons (Fsp3) is 0.304. The fourth-order valence-electron chi connectivity index (χ4n) is 3.40. The lowest BCUT2D eigenvalue weighted by atomic mass is 10.1. The number of ketones is 1. The zero-order chi connectivity index (χ0) is 23.8. The number of ether oxygens (including phenoxy) is 2. The fourth-order valence-corrected chi connectivity index (χ4v) is 5.73. The minimum Gasteiger partial charge on any atom is -0.496 e. The van der Waals surface area contributed by atoms with Crippen LogP contribution >= 0.6 is 27.5 Å². The summed E-state index contributed by atoms with van der Waals surface area (Å²) >= 11 is 9.62. The molecule has 0 spiro atoms. The monoisotopic (exact) mass is 554 g/mol. The summed E-state index contributed by atoms with van der Waals surface area (Å²) in [6, 6.07) is 9.55. The second-order valence-electron chi connectivity index (χ2n) is 7.72. The van der Waals surface area contributed by atoms with Crippen molar-refractivity contribution in [3.05, 3.63) is 56.1 Å². The van der Waals surface area contributed by atoms with Gasteiger partial charge in [-0.2, -0.15) is 0 Å². The van der Waals surface area contributed by atoms with Crippen LogP contribution in [0, 0.1) is 0 Å². The van der Waals surface area contributed by atoms with Crippen molar-refractivity contribution in [2.24, 2.45) is 0 Å². The number of hydrogen-bond acceptors (Lipinski definition) is 7. The van der Waals surface area contributed by atoms with E-state index in [1.54, 1.807) is 30.3 Å². The quantitative estimate of drug-likeness (QED) is 0.374. The third-order valence-electron chi connectivity index (χ3n) is 5.26. The van der Waals surface area contributed by atoms with Gasteiger partial charge < -0.3 is 13.9 Å². The van der Waals surface area contributed by atoms with Crippen LogP contribution in [0.2, 0.25) is 5.02 Å². The summed E-state index contributed by atoms with van der Waals surface area (Å²) in [5.74, 6) is 0.197. The SMILES string of the molecule is COc1cc(Br)c(OCCC(=O)CS(=O)(=O)C2CC2)cc1-c1cc(=O)c2cccc(Cl)c2o1. The summed E-state index contributed by atoms with van der Waals surface area (Å²) in [5.41, 5.74) is 0.456. The molecule has 10 heteroatoms. The molecule has 0 amide bonds. The van der Waals surface area contributed by atoms with Crippen molar-refractivity contribution >= 4 is 54.1 Å². The van der Waals surface area contributed by atoms with E-state index in [-0.39, 0.29) is 40.8 Å². The number of methoxy groups -OCH3 is 1. The number of rotatable bonds is 9. The van der Waals surface area contributed by atoms with Crippen LogP contribution in [0.4, 0.5) is 0 Å². The van der Waals surface area contributed by atoms with E-state index in [1.165, 1.54) is 13.2 Å². The number of carbonyl (C=O) groups is 1. The number of carbonyl (C=O) groups excluding carboxylic acids is 1. The first kappa shape index (κ1) is 23.8. The van der Waals surface area contributed by atoms with E-state index in [0.29, 0.717) is 44.8 Å². The number of para-hydroxylation sites is 1. The van der Waals surface area contributed by atoms with Gasteiger partial charge in [0.25, 0.3) is 0 Å². The topological polar surface area (TPSA) is 99.9 Å². The van der Waals surface area contributed by atoms with E-state index in [4.69, 9.17) is 25.5 Å². The molecule has 7 nitrogen and oxygen atoms in total. The lowest BCUT2D eigenvalue weighted by molar-refractivity contribution is -0.117. The largest absolute Gasteiger partial charge is 0.496 e. The molecule has 0 aliphatic heterocycles. The minimum absolute atomic E-state index is 0.00309. The minimum atomic E-state index is -3.35. The van der Waals surface area contributed by atoms with Gasteiger partial charge in [-0.3, -0.25) is 9.59 Å². The molecule has 4 rings (SSSR count). The van der Waals surface area contributed by atoms with Crippen LogP contribution in [0.1, 0.15) is 19.3 Å². The molecule has 3 aromatic rings. The van der Waals surface area contributed by atoms with E-state index in [0.717, 1.165) is 0 Å². The number of halogens is 2. The van der Waals surface area contributed by atoms with E-state index in [9.17, 15) is 18.0 Å². The summed E-state index contributed by atoms with van der Waals surface area (Å²) in [4.78, 5) is 24.7. The van der Waals surface area contributed by atoms with Crippen LogP contribution in [0.3, 0.4) is 0 Å². The maximum absolute atomic E-state index is 12.6. The van der Waals surface area contributed by atoms with Crippen molar-refractivity contribution in [1.29, 1.82) is 0 Å². The summed E-state index contributed by atoms with van der Waals surface area (Å²) in [7, 11) is -1.87. The summed E-state index contributed by atoms with van der Waals surface area (Å²) in [6.07, 6.45) is 1.22. The zero-order valence-corrected chi connectivity index (χ0v) is 20.8. The van der Waals surface area contributed by atoms with Crippen LogP contribution < -0.4 is 14.9 Å². The molecule has 1 aromatic heterocycles. The Labute approximate surface area is 203 Å². The molecule has 1 aliphatic carbocycles. The third kappa shape index (κ3) is 5.26. The first-order valence-electron chi connectivity index (χ1n) is 10.2. The van der Waals surface area contributed by atoms with Crippen LogP contribution in [0.5, 0.6) is 11.5 Å². The van der Waals surface area contributed by atoms with Crippen molar-refractivity contribution in [1.82, 2.24) is 0 Å². The Hall–Kier alpha value is -2.36. The average Bonchev–Trinajstić information content (AvgIpc) is 3.61. The van der Waals surface area contributed by atoms with Gasteiger partial charge in [0.15, 0.2) is 26.6 Å². The van der Waals surface area contributed by atoms with Crippen molar-refractivity contribution < 1.29 is 27.1 Å². The lowest BCUT2D eigenvalue weighted by Gasteiger charge is -2.14. The number of fused-ring (bicyclic) bond motifs is 1. The number of hydrogen-bond donors (Lipinski definition) is 0. The van der Waals surface area contributed by atoms with Gasteiger partial charge in [0, 0.05) is 12.5 Å².